The molecule has 1 rings (SSSR count). The molecule has 1 aliphatic carbocycles. The maximum absolute atomic E-state index is 5.73. The highest BCUT2D eigenvalue weighted by Crippen LogP contribution is 2.42. The Morgan fingerprint density at radius 1 is 1.05 bits per heavy atom. The Morgan fingerprint density at radius 2 is 1.71 bits per heavy atom. The molecule has 1 fully saturated rings. The zero-order valence-corrected chi connectivity index (χ0v) is 15.1. The third-order valence-electron chi connectivity index (χ3n) is 5.41. The summed E-state index contributed by atoms with van der Waals surface area (Å²) in [6.07, 6.45) is 11.0. The Morgan fingerprint density at radius 3 is 2.24 bits per heavy atom. The summed E-state index contributed by atoms with van der Waals surface area (Å²) in [5, 5.41) is 3.78. The molecule has 1 saturated carbocycles. The fraction of sp³-hybridized carbons (Fsp3) is 1.00. The number of nitrogens with one attached hydrogen (secondary N) is 1. The molecule has 0 aromatic heterocycles. The zero-order chi connectivity index (χ0) is 15.7. The van der Waals surface area contributed by atoms with E-state index in [1.807, 2.05) is 0 Å². The minimum Gasteiger partial charge on any atom is -0.330 e. The van der Waals surface area contributed by atoms with Crippen LogP contribution in [0.2, 0.25) is 0 Å². The highest BCUT2D eigenvalue weighted by atomic mass is 14.9. The van der Waals surface area contributed by atoms with Crippen molar-refractivity contribution >= 4 is 0 Å². The predicted molar refractivity (Wildman–Crippen MR) is 94.5 cm³/mol. The van der Waals surface area contributed by atoms with Crippen LogP contribution < -0.4 is 11.1 Å². The van der Waals surface area contributed by atoms with Crippen LogP contribution in [-0.4, -0.2) is 19.6 Å². The van der Waals surface area contributed by atoms with Gasteiger partial charge in [-0.25, -0.2) is 0 Å². The van der Waals surface area contributed by atoms with Crippen LogP contribution in [0, 0.1) is 23.2 Å². The Balaban J connectivity index is 2.22. The summed E-state index contributed by atoms with van der Waals surface area (Å²) >= 11 is 0. The highest BCUT2D eigenvalue weighted by molar-refractivity contribution is 4.87. The van der Waals surface area contributed by atoms with Gasteiger partial charge in [-0.2, -0.15) is 0 Å². The first-order valence-corrected chi connectivity index (χ1v) is 9.40. The smallest absolute Gasteiger partial charge is 0.000790 e. The van der Waals surface area contributed by atoms with Crippen molar-refractivity contribution in [3.8, 4) is 0 Å². The van der Waals surface area contributed by atoms with Gasteiger partial charge in [0, 0.05) is 6.54 Å². The molecule has 21 heavy (non-hydrogen) atoms. The number of rotatable bonds is 11. The van der Waals surface area contributed by atoms with Gasteiger partial charge in [-0.1, -0.05) is 40.5 Å². The normalized spacial score (nSPS) is 19.6. The van der Waals surface area contributed by atoms with Crippen LogP contribution in [0.3, 0.4) is 0 Å². The molecule has 1 unspecified atom stereocenters. The fourth-order valence-electron chi connectivity index (χ4n) is 4.31. The predicted octanol–water partition coefficient (Wildman–Crippen LogP) is 4.58. The van der Waals surface area contributed by atoms with Gasteiger partial charge in [-0.15, -0.1) is 0 Å². The second-order valence-corrected chi connectivity index (χ2v) is 8.21. The first-order chi connectivity index (χ1) is 9.99. The third-order valence-corrected chi connectivity index (χ3v) is 5.41. The molecule has 0 saturated heterocycles. The first kappa shape index (κ1) is 19.0. The summed E-state index contributed by atoms with van der Waals surface area (Å²) in [4.78, 5) is 0. The molecule has 0 aromatic rings. The standard InChI is InChI=1S/C19H40N2/c1-16(2)14-19(10-5-6-11-19)15-21-13-7-8-18(9-12-20)17(3)4/h16-18,21H,5-15,20H2,1-4H3. The topological polar surface area (TPSA) is 38.0 Å². The van der Waals surface area contributed by atoms with Crippen LogP contribution in [0.5, 0.6) is 0 Å². The zero-order valence-electron chi connectivity index (χ0n) is 15.1. The molecule has 0 spiro atoms. The van der Waals surface area contributed by atoms with Crippen molar-refractivity contribution in [3.63, 3.8) is 0 Å². The van der Waals surface area contributed by atoms with E-state index in [-0.39, 0.29) is 0 Å². The molecular weight excluding hydrogens is 256 g/mol. The second kappa shape index (κ2) is 9.84. The monoisotopic (exact) mass is 296 g/mol. The SMILES string of the molecule is CC(C)CC1(CNCCCC(CCN)C(C)C)CCCC1. The number of nitrogens with two attached hydrogens (primary N) is 1. The van der Waals surface area contributed by atoms with Gasteiger partial charge in [0.2, 0.25) is 0 Å². The van der Waals surface area contributed by atoms with Crippen molar-refractivity contribution in [1.82, 2.24) is 5.32 Å². The molecule has 2 nitrogen and oxygen atoms in total. The Labute approximate surface area is 133 Å². The van der Waals surface area contributed by atoms with Crippen molar-refractivity contribution < 1.29 is 0 Å². The van der Waals surface area contributed by atoms with Crippen LogP contribution in [-0.2, 0) is 0 Å². The largest absolute Gasteiger partial charge is 0.330 e. The second-order valence-electron chi connectivity index (χ2n) is 8.21. The van der Waals surface area contributed by atoms with Gasteiger partial charge in [0.05, 0.1) is 0 Å². The molecular formula is C19H40N2. The molecule has 0 amide bonds. The number of hydrogen-bond acceptors (Lipinski definition) is 2. The van der Waals surface area contributed by atoms with Crippen LogP contribution in [0.1, 0.15) is 79.1 Å². The average Bonchev–Trinajstić information content (AvgIpc) is 2.84. The summed E-state index contributed by atoms with van der Waals surface area (Å²) in [5.41, 5.74) is 6.34. The molecule has 1 aliphatic rings. The molecule has 0 bridgehead atoms. The third kappa shape index (κ3) is 7.15. The van der Waals surface area contributed by atoms with Crippen molar-refractivity contribution in [1.29, 1.82) is 0 Å². The summed E-state index contributed by atoms with van der Waals surface area (Å²) in [6, 6.07) is 0. The molecule has 2 heteroatoms. The van der Waals surface area contributed by atoms with Gasteiger partial charge in [0.25, 0.3) is 0 Å². The molecule has 1 atom stereocenters. The summed E-state index contributed by atoms with van der Waals surface area (Å²) in [7, 11) is 0. The Bertz CT molecular complexity index is 254. The van der Waals surface area contributed by atoms with Crippen molar-refractivity contribution in [2.75, 3.05) is 19.6 Å². The van der Waals surface area contributed by atoms with E-state index in [2.05, 4.69) is 33.0 Å². The molecule has 0 heterocycles. The highest BCUT2D eigenvalue weighted by Gasteiger charge is 2.33. The van der Waals surface area contributed by atoms with Gasteiger partial charge < -0.3 is 11.1 Å². The minimum atomic E-state index is 0.614. The molecule has 0 aromatic carbocycles. The maximum atomic E-state index is 5.73. The van der Waals surface area contributed by atoms with E-state index in [9.17, 15) is 0 Å². The quantitative estimate of drug-likeness (QED) is 0.548. The van der Waals surface area contributed by atoms with Crippen LogP contribution in [0.4, 0.5) is 0 Å². The van der Waals surface area contributed by atoms with E-state index in [1.165, 1.54) is 64.5 Å². The van der Waals surface area contributed by atoms with E-state index in [0.717, 1.165) is 24.3 Å². The fourth-order valence-corrected chi connectivity index (χ4v) is 4.31. The lowest BCUT2D eigenvalue weighted by atomic mass is 9.78. The van der Waals surface area contributed by atoms with Crippen LogP contribution in [0.25, 0.3) is 0 Å². The van der Waals surface area contributed by atoms with Crippen molar-refractivity contribution in [2.45, 2.75) is 79.1 Å². The van der Waals surface area contributed by atoms with Crippen LogP contribution >= 0.6 is 0 Å². The number of hydrogen-bond donors (Lipinski definition) is 2. The molecule has 126 valence electrons. The lowest BCUT2D eigenvalue weighted by Gasteiger charge is -2.31. The summed E-state index contributed by atoms with van der Waals surface area (Å²) < 4.78 is 0. The Kier molecular flexibility index (Phi) is 8.89. The molecule has 3 N–H and O–H groups in total. The lowest BCUT2D eigenvalue weighted by Crippen LogP contribution is -2.34. The lowest BCUT2D eigenvalue weighted by molar-refractivity contribution is 0.222. The average molecular weight is 297 g/mol. The van der Waals surface area contributed by atoms with Crippen molar-refractivity contribution in [2.24, 2.45) is 28.9 Å². The van der Waals surface area contributed by atoms with E-state index < -0.39 is 0 Å². The minimum absolute atomic E-state index is 0.614. The van der Waals surface area contributed by atoms with E-state index in [1.54, 1.807) is 0 Å². The maximum Gasteiger partial charge on any atom is 0.000790 e. The van der Waals surface area contributed by atoms with E-state index in [4.69, 9.17) is 5.73 Å². The molecule has 0 radical (unpaired) electrons. The van der Waals surface area contributed by atoms with Gasteiger partial charge in [-0.05, 0) is 74.8 Å². The van der Waals surface area contributed by atoms with E-state index in [0.29, 0.717) is 5.41 Å². The van der Waals surface area contributed by atoms with Gasteiger partial charge in [-0.3, -0.25) is 0 Å². The summed E-state index contributed by atoms with van der Waals surface area (Å²) in [6.45, 7) is 12.7. The van der Waals surface area contributed by atoms with Gasteiger partial charge >= 0.3 is 0 Å². The van der Waals surface area contributed by atoms with Gasteiger partial charge in [0.1, 0.15) is 0 Å². The first-order valence-electron chi connectivity index (χ1n) is 9.40. The van der Waals surface area contributed by atoms with E-state index >= 15 is 0 Å². The molecule has 0 aliphatic heterocycles. The summed E-state index contributed by atoms with van der Waals surface area (Å²) in [5.74, 6) is 2.42. The Hall–Kier alpha value is -0.0800. The van der Waals surface area contributed by atoms with Crippen LogP contribution in [0.15, 0.2) is 0 Å². The van der Waals surface area contributed by atoms with Crippen molar-refractivity contribution in [3.05, 3.63) is 0 Å². The van der Waals surface area contributed by atoms with Gasteiger partial charge in [0.15, 0.2) is 0 Å².